The minimum atomic E-state index is -0.628. The maximum atomic E-state index is 10.9. The number of methoxy groups -OCH3 is 1. The summed E-state index contributed by atoms with van der Waals surface area (Å²) in [6, 6.07) is -0.628. The molecule has 0 radical (unpaired) electrons. The third-order valence-corrected chi connectivity index (χ3v) is 1.40. The molecule has 1 atom stereocenters. The molecule has 0 aliphatic carbocycles. The third-order valence-electron chi connectivity index (χ3n) is 1.14. The molecular formula is C7H12ClNO3. The Morgan fingerprint density at radius 3 is 2.92 bits per heavy atom. The number of carbonyl (C=O) groups excluding carboxylic acids is 1. The maximum Gasteiger partial charge on any atom is 0.326 e. The summed E-state index contributed by atoms with van der Waals surface area (Å²) in [6.07, 6.45) is 1.59. The summed E-state index contributed by atoms with van der Waals surface area (Å²) in [6.45, 7) is 4.00. The summed E-state index contributed by atoms with van der Waals surface area (Å²) in [5.74, 6) is -0.450. The summed E-state index contributed by atoms with van der Waals surface area (Å²) in [5, 5.41) is 0. The topological polar surface area (TPSA) is 47.6 Å². The number of carbonyl (C=O) groups is 1. The molecule has 0 unspecified atom stereocenters. The van der Waals surface area contributed by atoms with Crippen molar-refractivity contribution in [1.82, 2.24) is 4.84 Å². The average Bonchev–Trinajstić information content (AvgIpc) is 2.11. The molecule has 0 aliphatic heterocycles. The largest absolute Gasteiger partial charge is 0.468 e. The fourth-order valence-electron chi connectivity index (χ4n) is 0.556. The molecule has 0 spiro atoms. The number of ether oxygens (including phenoxy) is 2. The van der Waals surface area contributed by atoms with Gasteiger partial charge in [-0.05, 0) is 11.8 Å². The van der Waals surface area contributed by atoms with Gasteiger partial charge >= 0.3 is 5.97 Å². The molecule has 0 fully saturated rings. The first-order chi connectivity index (χ1) is 5.76. The quantitative estimate of drug-likeness (QED) is 0.289. The van der Waals surface area contributed by atoms with Crippen LogP contribution in [0.25, 0.3) is 0 Å². The van der Waals surface area contributed by atoms with Crippen molar-refractivity contribution in [3.63, 3.8) is 0 Å². The van der Waals surface area contributed by atoms with Crippen LogP contribution in [0.1, 0.15) is 0 Å². The minimum Gasteiger partial charge on any atom is -0.468 e. The highest BCUT2D eigenvalue weighted by atomic mass is 35.5. The molecule has 0 heterocycles. The van der Waals surface area contributed by atoms with Crippen molar-refractivity contribution in [3.8, 4) is 0 Å². The zero-order valence-electron chi connectivity index (χ0n) is 6.88. The van der Waals surface area contributed by atoms with Gasteiger partial charge in [0.15, 0.2) is 0 Å². The van der Waals surface area contributed by atoms with Crippen LogP contribution in [0.3, 0.4) is 0 Å². The first-order valence-corrected chi connectivity index (χ1v) is 3.76. The molecule has 12 heavy (non-hydrogen) atoms. The van der Waals surface area contributed by atoms with Crippen LogP contribution < -0.4 is 4.84 Å². The van der Waals surface area contributed by atoms with Gasteiger partial charge in [-0.1, -0.05) is 6.08 Å². The molecule has 0 aliphatic rings. The summed E-state index contributed by atoms with van der Waals surface area (Å²) in [5.41, 5.74) is 0. The number of halogens is 1. The Bertz CT molecular complexity index is 152. The summed E-state index contributed by atoms with van der Waals surface area (Å²) < 4.78 is 9.44. The van der Waals surface area contributed by atoms with Crippen molar-refractivity contribution < 1.29 is 14.3 Å². The van der Waals surface area contributed by atoms with Gasteiger partial charge in [-0.2, -0.15) is 0 Å². The second kappa shape index (κ2) is 7.09. The van der Waals surface area contributed by atoms with Gasteiger partial charge in [0.05, 0.1) is 20.3 Å². The minimum absolute atomic E-state index is 0.169. The normalized spacial score (nSPS) is 12.2. The number of hydrogen-bond acceptors (Lipinski definition) is 4. The van der Waals surface area contributed by atoms with Crippen LogP contribution in [0, 0.1) is 0 Å². The highest BCUT2D eigenvalue weighted by molar-refractivity contribution is 6.14. The molecule has 0 amide bonds. The van der Waals surface area contributed by atoms with Gasteiger partial charge in [-0.25, -0.2) is 4.84 Å². The standard InChI is InChI=1S/C7H12ClNO3/c1-3-4-12-5-6(9-8)7(10)11-2/h3,6,9H,1,4-5H2,2H3/t6-/m0/s1. The SMILES string of the molecule is C=CCOC[C@H](NCl)C(=O)OC. The second-order valence-corrected chi connectivity index (χ2v) is 2.23. The van der Waals surface area contributed by atoms with Gasteiger partial charge in [0.25, 0.3) is 0 Å². The predicted molar refractivity (Wildman–Crippen MR) is 45.8 cm³/mol. The predicted octanol–water partition coefficient (Wildman–Crippen LogP) is 0.474. The van der Waals surface area contributed by atoms with Crippen molar-refractivity contribution in [2.45, 2.75) is 6.04 Å². The molecule has 0 aromatic rings. The molecule has 0 saturated carbocycles. The van der Waals surface area contributed by atoms with Crippen LogP contribution in [0.2, 0.25) is 0 Å². The molecule has 70 valence electrons. The molecule has 0 aromatic carbocycles. The van der Waals surface area contributed by atoms with Gasteiger partial charge in [0.1, 0.15) is 6.04 Å². The number of rotatable bonds is 6. The van der Waals surface area contributed by atoms with E-state index in [1.54, 1.807) is 6.08 Å². The van der Waals surface area contributed by atoms with E-state index < -0.39 is 12.0 Å². The van der Waals surface area contributed by atoms with Gasteiger partial charge in [-0.3, -0.25) is 4.79 Å². The highest BCUT2D eigenvalue weighted by Crippen LogP contribution is 1.91. The molecule has 0 bridgehead atoms. The Hall–Kier alpha value is -0.580. The van der Waals surface area contributed by atoms with E-state index in [9.17, 15) is 4.79 Å². The maximum absolute atomic E-state index is 10.9. The van der Waals surface area contributed by atoms with Crippen molar-refractivity contribution in [3.05, 3.63) is 12.7 Å². The van der Waals surface area contributed by atoms with Crippen LogP contribution >= 0.6 is 11.8 Å². The molecule has 5 heteroatoms. The van der Waals surface area contributed by atoms with Crippen LogP contribution in [-0.2, 0) is 14.3 Å². The van der Waals surface area contributed by atoms with Crippen LogP contribution in [-0.4, -0.2) is 32.3 Å². The Labute approximate surface area is 76.6 Å². The van der Waals surface area contributed by atoms with Crippen molar-refractivity contribution >= 4 is 17.7 Å². The highest BCUT2D eigenvalue weighted by Gasteiger charge is 2.17. The van der Waals surface area contributed by atoms with E-state index >= 15 is 0 Å². The van der Waals surface area contributed by atoms with Crippen molar-refractivity contribution in [2.24, 2.45) is 0 Å². The fourth-order valence-corrected chi connectivity index (χ4v) is 0.708. The lowest BCUT2D eigenvalue weighted by atomic mass is 10.3. The van der Waals surface area contributed by atoms with Crippen molar-refractivity contribution in [1.29, 1.82) is 0 Å². The van der Waals surface area contributed by atoms with Crippen LogP contribution in [0.15, 0.2) is 12.7 Å². The van der Waals surface area contributed by atoms with Crippen LogP contribution in [0.4, 0.5) is 0 Å². The number of esters is 1. The first-order valence-electron chi connectivity index (χ1n) is 3.38. The lowest BCUT2D eigenvalue weighted by molar-refractivity contribution is -0.144. The lowest BCUT2D eigenvalue weighted by Crippen LogP contribution is -2.36. The molecule has 4 nitrogen and oxygen atoms in total. The molecule has 0 aromatic heterocycles. The Kier molecular flexibility index (Phi) is 6.75. The Morgan fingerprint density at radius 2 is 2.50 bits per heavy atom. The van der Waals surface area contributed by atoms with E-state index in [1.807, 2.05) is 0 Å². The van der Waals surface area contributed by atoms with E-state index in [0.717, 1.165) is 0 Å². The van der Waals surface area contributed by atoms with E-state index in [0.29, 0.717) is 6.61 Å². The van der Waals surface area contributed by atoms with Gasteiger partial charge in [0, 0.05) is 0 Å². The third kappa shape index (κ3) is 4.33. The van der Waals surface area contributed by atoms with Crippen LogP contribution in [0.5, 0.6) is 0 Å². The molecular weight excluding hydrogens is 182 g/mol. The van der Waals surface area contributed by atoms with E-state index in [-0.39, 0.29) is 6.61 Å². The monoisotopic (exact) mass is 193 g/mol. The number of hydrogen-bond donors (Lipinski definition) is 1. The van der Waals surface area contributed by atoms with E-state index in [1.165, 1.54) is 7.11 Å². The molecule has 0 saturated heterocycles. The van der Waals surface area contributed by atoms with Gasteiger partial charge < -0.3 is 9.47 Å². The lowest BCUT2D eigenvalue weighted by Gasteiger charge is -2.11. The first kappa shape index (κ1) is 11.4. The number of nitrogens with one attached hydrogen (secondary N) is 1. The van der Waals surface area contributed by atoms with Gasteiger partial charge in [0.2, 0.25) is 0 Å². The van der Waals surface area contributed by atoms with E-state index in [2.05, 4.69) is 16.2 Å². The average molecular weight is 194 g/mol. The second-order valence-electron chi connectivity index (χ2n) is 2.01. The smallest absolute Gasteiger partial charge is 0.326 e. The van der Waals surface area contributed by atoms with Gasteiger partial charge in [-0.15, -0.1) is 6.58 Å². The summed E-state index contributed by atoms with van der Waals surface area (Å²) >= 11 is 5.26. The summed E-state index contributed by atoms with van der Waals surface area (Å²) in [4.78, 5) is 13.1. The zero-order chi connectivity index (χ0) is 9.40. The summed E-state index contributed by atoms with van der Waals surface area (Å²) in [7, 11) is 1.29. The van der Waals surface area contributed by atoms with Crippen molar-refractivity contribution in [2.75, 3.05) is 20.3 Å². The Morgan fingerprint density at radius 1 is 1.83 bits per heavy atom. The van der Waals surface area contributed by atoms with E-state index in [4.69, 9.17) is 16.5 Å². The molecule has 1 N–H and O–H groups in total. The Balaban J connectivity index is 3.66. The fraction of sp³-hybridized carbons (Fsp3) is 0.571. The zero-order valence-corrected chi connectivity index (χ0v) is 7.63. The molecule has 0 rings (SSSR count).